The van der Waals surface area contributed by atoms with Gasteiger partial charge in [-0.3, -0.25) is 0 Å². The van der Waals surface area contributed by atoms with Crippen LogP contribution in [0.4, 0.5) is 5.82 Å². The highest BCUT2D eigenvalue weighted by atomic mass is 16.5. The molecule has 0 aliphatic heterocycles. The first-order valence-electron chi connectivity index (χ1n) is 9.43. The third-order valence-electron chi connectivity index (χ3n) is 4.80. The number of nitrogens with one attached hydrogen (secondary N) is 1. The zero-order chi connectivity index (χ0) is 21.1. The predicted molar refractivity (Wildman–Crippen MR) is 115 cm³/mol. The molecular weight excluding hydrogens is 382 g/mol. The fourth-order valence-electron chi connectivity index (χ4n) is 3.36. The van der Waals surface area contributed by atoms with Gasteiger partial charge in [0.2, 0.25) is 5.75 Å². The summed E-state index contributed by atoms with van der Waals surface area (Å²) in [6.45, 7) is 2.56. The molecule has 8 heteroatoms. The Morgan fingerprint density at radius 2 is 1.73 bits per heavy atom. The van der Waals surface area contributed by atoms with Crippen molar-refractivity contribution in [1.82, 2.24) is 19.7 Å². The molecule has 0 unspecified atom stereocenters. The van der Waals surface area contributed by atoms with Crippen molar-refractivity contribution < 1.29 is 14.2 Å². The molecule has 0 spiro atoms. The van der Waals surface area contributed by atoms with Crippen LogP contribution in [0.25, 0.3) is 16.7 Å². The summed E-state index contributed by atoms with van der Waals surface area (Å²) in [6, 6.07) is 11.9. The first-order chi connectivity index (χ1) is 14.6. The van der Waals surface area contributed by atoms with E-state index in [0.29, 0.717) is 29.6 Å². The number of ether oxygens (including phenoxy) is 3. The van der Waals surface area contributed by atoms with E-state index in [1.54, 1.807) is 27.5 Å². The summed E-state index contributed by atoms with van der Waals surface area (Å²) in [5.74, 6) is 2.47. The quantitative estimate of drug-likeness (QED) is 0.501. The molecule has 0 aliphatic carbocycles. The zero-order valence-corrected chi connectivity index (χ0v) is 17.3. The molecule has 2 aromatic carbocycles. The topological polar surface area (TPSA) is 83.3 Å². The van der Waals surface area contributed by atoms with Gasteiger partial charge in [0.25, 0.3) is 0 Å². The minimum absolute atomic E-state index is 0.512. The molecule has 0 fully saturated rings. The van der Waals surface area contributed by atoms with Gasteiger partial charge in [0.05, 0.1) is 38.6 Å². The predicted octanol–water partition coefficient (Wildman–Crippen LogP) is 3.76. The molecule has 8 nitrogen and oxygen atoms in total. The van der Waals surface area contributed by atoms with E-state index in [9.17, 15) is 0 Å². The van der Waals surface area contributed by atoms with Gasteiger partial charge in [0.15, 0.2) is 17.1 Å². The largest absolute Gasteiger partial charge is 0.493 e. The van der Waals surface area contributed by atoms with E-state index < -0.39 is 0 Å². The summed E-state index contributed by atoms with van der Waals surface area (Å²) >= 11 is 0. The molecule has 1 N–H and O–H groups in total. The zero-order valence-electron chi connectivity index (χ0n) is 17.3. The minimum atomic E-state index is 0.512. The van der Waals surface area contributed by atoms with Crippen LogP contribution in [0.15, 0.2) is 48.9 Å². The Bertz CT molecular complexity index is 1160. The van der Waals surface area contributed by atoms with Crippen LogP contribution in [-0.4, -0.2) is 41.1 Å². The van der Waals surface area contributed by atoms with Crippen LogP contribution in [0.5, 0.6) is 17.2 Å². The van der Waals surface area contributed by atoms with Crippen molar-refractivity contribution in [3.8, 4) is 22.9 Å². The maximum Gasteiger partial charge on any atom is 0.203 e. The number of anilines is 1. The van der Waals surface area contributed by atoms with Crippen LogP contribution in [0.3, 0.4) is 0 Å². The highest BCUT2D eigenvalue weighted by Gasteiger charge is 2.15. The van der Waals surface area contributed by atoms with E-state index in [-0.39, 0.29) is 0 Å². The van der Waals surface area contributed by atoms with Gasteiger partial charge in [-0.1, -0.05) is 12.1 Å². The third kappa shape index (κ3) is 3.59. The van der Waals surface area contributed by atoms with Crippen molar-refractivity contribution >= 4 is 16.9 Å². The molecule has 30 heavy (non-hydrogen) atoms. The fraction of sp³-hybridized carbons (Fsp3) is 0.227. The summed E-state index contributed by atoms with van der Waals surface area (Å²) in [7, 11) is 4.78. The van der Waals surface area contributed by atoms with Crippen molar-refractivity contribution in [2.24, 2.45) is 0 Å². The lowest BCUT2D eigenvalue weighted by atomic mass is 10.1. The Morgan fingerprint density at radius 3 is 2.40 bits per heavy atom. The lowest BCUT2D eigenvalue weighted by Crippen LogP contribution is -2.04. The maximum absolute atomic E-state index is 5.43. The molecule has 0 radical (unpaired) electrons. The van der Waals surface area contributed by atoms with Crippen molar-refractivity contribution in [1.29, 1.82) is 0 Å². The lowest BCUT2D eigenvalue weighted by Gasteiger charge is -2.14. The number of aryl methyl sites for hydroxylation is 1. The summed E-state index contributed by atoms with van der Waals surface area (Å²) in [6.07, 6.45) is 3.31. The van der Waals surface area contributed by atoms with Crippen LogP contribution in [0.2, 0.25) is 0 Å². The molecule has 0 amide bonds. The SMILES string of the molecule is COc1cc(CNc2ncnc3c2cnn3-c2cccc(C)c2)cc(OC)c1OC. The minimum Gasteiger partial charge on any atom is -0.493 e. The van der Waals surface area contributed by atoms with Crippen molar-refractivity contribution in [3.63, 3.8) is 0 Å². The maximum atomic E-state index is 5.43. The first kappa shape index (κ1) is 19.5. The number of aromatic nitrogens is 4. The number of benzene rings is 2. The Kier molecular flexibility index (Phi) is 5.38. The average Bonchev–Trinajstić information content (AvgIpc) is 3.21. The van der Waals surface area contributed by atoms with Gasteiger partial charge in [0.1, 0.15) is 12.1 Å². The Balaban J connectivity index is 1.64. The van der Waals surface area contributed by atoms with E-state index in [0.717, 1.165) is 27.8 Å². The van der Waals surface area contributed by atoms with E-state index in [1.807, 2.05) is 28.9 Å². The molecule has 0 aliphatic rings. The molecule has 0 saturated carbocycles. The highest BCUT2D eigenvalue weighted by Crippen LogP contribution is 2.38. The summed E-state index contributed by atoms with van der Waals surface area (Å²) < 4.78 is 18.1. The molecule has 154 valence electrons. The molecule has 2 aromatic heterocycles. The number of hydrogen-bond acceptors (Lipinski definition) is 7. The van der Waals surface area contributed by atoms with E-state index >= 15 is 0 Å². The number of fused-ring (bicyclic) bond motifs is 1. The summed E-state index contributed by atoms with van der Waals surface area (Å²) in [4.78, 5) is 8.84. The normalized spacial score (nSPS) is 10.8. The van der Waals surface area contributed by atoms with Gasteiger partial charge in [-0.15, -0.1) is 0 Å². The summed E-state index contributed by atoms with van der Waals surface area (Å²) in [5.41, 5.74) is 3.82. The number of hydrogen-bond donors (Lipinski definition) is 1. The van der Waals surface area contributed by atoms with Crippen LogP contribution in [0, 0.1) is 6.92 Å². The molecule has 4 rings (SSSR count). The van der Waals surface area contributed by atoms with E-state index in [2.05, 4.69) is 39.4 Å². The van der Waals surface area contributed by atoms with Crippen molar-refractivity contribution in [3.05, 3.63) is 60.0 Å². The second-order valence-corrected chi connectivity index (χ2v) is 6.74. The average molecular weight is 405 g/mol. The molecule has 0 bridgehead atoms. The molecule has 4 aromatic rings. The van der Waals surface area contributed by atoms with E-state index in [1.165, 1.54) is 6.33 Å². The number of rotatable bonds is 7. The second-order valence-electron chi connectivity index (χ2n) is 6.74. The van der Waals surface area contributed by atoms with Gasteiger partial charge in [-0.05, 0) is 42.3 Å². The fourth-order valence-corrected chi connectivity index (χ4v) is 3.36. The summed E-state index contributed by atoms with van der Waals surface area (Å²) in [5, 5.41) is 8.72. The monoisotopic (exact) mass is 405 g/mol. The van der Waals surface area contributed by atoms with Gasteiger partial charge < -0.3 is 19.5 Å². The smallest absolute Gasteiger partial charge is 0.203 e. The number of methoxy groups -OCH3 is 3. The highest BCUT2D eigenvalue weighted by molar-refractivity contribution is 5.87. The van der Waals surface area contributed by atoms with Crippen LogP contribution in [-0.2, 0) is 6.54 Å². The second kappa shape index (κ2) is 8.28. The standard InChI is InChI=1S/C22H23N5O3/c1-14-6-5-7-16(8-14)27-22-17(12-26-27)21(24-13-25-22)23-11-15-9-18(28-2)20(30-4)19(10-15)29-3/h5-10,12-13H,11H2,1-4H3,(H,23,24,25). The third-order valence-corrected chi connectivity index (χ3v) is 4.80. The van der Waals surface area contributed by atoms with Gasteiger partial charge >= 0.3 is 0 Å². The van der Waals surface area contributed by atoms with Gasteiger partial charge in [0, 0.05) is 6.54 Å². The van der Waals surface area contributed by atoms with Crippen molar-refractivity contribution in [2.45, 2.75) is 13.5 Å². The Morgan fingerprint density at radius 1 is 0.967 bits per heavy atom. The lowest BCUT2D eigenvalue weighted by molar-refractivity contribution is 0.324. The number of nitrogens with zero attached hydrogens (tertiary/aromatic N) is 4. The Hall–Kier alpha value is -3.81. The van der Waals surface area contributed by atoms with Gasteiger partial charge in [-0.25, -0.2) is 14.6 Å². The first-order valence-corrected chi connectivity index (χ1v) is 9.43. The molecule has 0 atom stereocenters. The molecule has 2 heterocycles. The van der Waals surface area contributed by atoms with Gasteiger partial charge in [-0.2, -0.15) is 5.10 Å². The molecular formula is C22H23N5O3. The Labute approximate surface area is 174 Å². The van der Waals surface area contributed by atoms with Crippen LogP contribution < -0.4 is 19.5 Å². The van der Waals surface area contributed by atoms with Crippen LogP contribution >= 0.6 is 0 Å². The van der Waals surface area contributed by atoms with E-state index in [4.69, 9.17) is 14.2 Å². The molecule has 0 saturated heterocycles. The van der Waals surface area contributed by atoms with Crippen molar-refractivity contribution in [2.75, 3.05) is 26.6 Å². The van der Waals surface area contributed by atoms with Crippen LogP contribution in [0.1, 0.15) is 11.1 Å².